The van der Waals surface area contributed by atoms with Gasteiger partial charge in [-0.1, -0.05) is 44.0 Å². The third-order valence-electron chi connectivity index (χ3n) is 2.83. The summed E-state index contributed by atoms with van der Waals surface area (Å²) >= 11 is 11.7. The molecule has 0 saturated carbocycles. The van der Waals surface area contributed by atoms with Crippen LogP contribution in [0.2, 0.25) is 10.0 Å². The van der Waals surface area contributed by atoms with Crippen LogP contribution >= 0.6 is 23.2 Å². The van der Waals surface area contributed by atoms with Crippen LogP contribution in [0.3, 0.4) is 0 Å². The van der Waals surface area contributed by atoms with Gasteiger partial charge < -0.3 is 5.32 Å². The Morgan fingerprint density at radius 3 is 2.39 bits per heavy atom. The third kappa shape index (κ3) is 4.75. The maximum atomic E-state index is 13.4. The largest absolute Gasteiger partial charge is 0.310 e. The van der Waals surface area contributed by atoms with Crippen LogP contribution in [0.15, 0.2) is 12.1 Å². The number of rotatable bonds is 4. The van der Waals surface area contributed by atoms with E-state index < -0.39 is 5.82 Å². The van der Waals surface area contributed by atoms with Crippen LogP contribution in [0.5, 0.6) is 0 Å². The molecule has 0 aliphatic rings. The molecule has 1 aromatic carbocycles. The van der Waals surface area contributed by atoms with Crippen LogP contribution in [0, 0.1) is 11.2 Å². The summed E-state index contributed by atoms with van der Waals surface area (Å²) in [4.78, 5) is 0. The Bertz CT molecular complexity index is 413. The van der Waals surface area contributed by atoms with E-state index in [1.54, 1.807) is 0 Å². The SMILES string of the molecule is CC(NCCC(C)(C)C)c1cc(F)c(Cl)cc1Cl. The topological polar surface area (TPSA) is 12.0 Å². The van der Waals surface area contributed by atoms with Crippen molar-refractivity contribution in [3.8, 4) is 0 Å². The predicted molar refractivity (Wildman–Crippen MR) is 76.9 cm³/mol. The van der Waals surface area contributed by atoms with Gasteiger partial charge in [-0.2, -0.15) is 0 Å². The van der Waals surface area contributed by atoms with E-state index >= 15 is 0 Å². The van der Waals surface area contributed by atoms with Gasteiger partial charge in [-0.15, -0.1) is 0 Å². The second-order valence-corrected chi connectivity index (χ2v) is 6.59. The molecule has 0 aromatic heterocycles. The van der Waals surface area contributed by atoms with Gasteiger partial charge in [-0.25, -0.2) is 4.39 Å². The Balaban J connectivity index is 2.67. The van der Waals surface area contributed by atoms with E-state index in [4.69, 9.17) is 23.2 Å². The van der Waals surface area contributed by atoms with E-state index in [1.807, 2.05) is 6.92 Å². The van der Waals surface area contributed by atoms with Gasteiger partial charge in [0.05, 0.1) is 5.02 Å². The van der Waals surface area contributed by atoms with Crippen molar-refractivity contribution in [2.45, 2.75) is 40.2 Å². The molecule has 1 rings (SSSR count). The molecule has 0 aliphatic heterocycles. The Hall–Kier alpha value is -0.310. The second kappa shape index (κ2) is 6.23. The fourth-order valence-electron chi connectivity index (χ4n) is 1.64. The molecule has 4 heteroatoms. The van der Waals surface area contributed by atoms with E-state index in [1.165, 1.54) is 12.1 Å². The van der Waals surface area contributed by atoms with Gasteiger partial charge in [0.15, 0.2) is 0 Å². The second-order valence-electron chi connectivity index (χ2n) is 5.77. The van der Waals surface area contributed by atoms with E-state index in [9.17, 15) is 4.39 Å². The van der Waals surface area contributed by atoms with Crippen molar-refractivity contribution in [2.24, 2.45) is 5.41 Å². The summed E-state index contributed by atoms with van der Waals surface area (Å²) in [6, 6.07) is 2.86. The summed E-state index contributed by atoms with van der Waals surface area (Å²) in [5.74, 6) is -0.430. The van der Waals surface area contributed by atoms with Crippen molar-refractivity contribution in [2.75, 3.05) is 6.54 Å². The minimum absolute atomic E-state index is 0.00613. The zero-order chi connectivity index (χ0) is 13.9. The number of halogens is 3. The lowest BCUT2D eigenvalue weighted by Gasteiger charge is -2.21. The quantitative estimate of drug-likeness (QED) is 0.750. The van der Waals surface area contributed by atoms with Crippen molar-refractivity contribution < 1.29 is 4.39 Å². The van der Waals surface area contributed by atoms with Gasteiger partial charge in [0.2, 0.25) is 0 Å². The summed E-state index contributed by atoms with van der Waals surface area (Å²) in [6.45, 7) is 9.40. The van der Waals surface area contributed by atoms with Crippen LogP contribution in [0.1, 0.15) is 45.7 Å². The van der Waals surface area contributed by atoms with Crippen LogP contribution in [0.25, 0.3) is 0 Å². The summed E-state index contributed by atoms with van der Waals surface area (Å²) in [5.41, 5.74) is 1.02. The Labute approximate surface area is 119 Å². The van der Waals surface area contributed by atoms with Crippen LogP contribution < -0.4 is 5.32 Å². The van der Waals surface area contributed by atoms with Crippen LogP contribution in [-0.2, 0) is 0 Å². The fourth-order valence-corrected chi connectivity index (χ4v) is 2.19. The first-order valence-electron chi connectivity index (χ1n) is 6.08. The number of benzene rings is 1. The molecule has 18 heavy (non-hydrogen) atoms. The normalized spacial score (nSPS) is 13.7. The smallest absolute Gasteiger partial charge is 0.142 e. The van der Waals surface area contributed by atoms with Gasteiger partial charge in [0.1, 0.15) is 5.82 Å². The third-order valence-corrected chi connectivity index (χ3v) is 3.45. The van der Waals surface area contributed by atoms with Gasteiger partial charge in [0, 0.05) is 11.1 Å². The van der Waals surface area contributed by atoms with Gasteiger partial charge in [-0.3, -0.25) is 0 Å². The highest BCUT2D eigenvalue weighted by molar-refractivity contribution is 6.35. The molecule has 0 amide bonds. The minimum atomic E-state index is -0.430. The zero-order valence-electron chi connectivity index (χ0n) is 11.3. The lowest BCUT2D eigenvalue weighted by Crippen LogP contribution is -2.24. The fraction of sp³-hybridized carbons (Fsp3) is 0.571. The molecule has 0 bridgehead atoms. The average Bonchev–Trinajstić information content (AvgIpc) is 2.21. The monoisotopic (exact) mass is 291 g/mol. The molecular formula is C14H20Cl2FN. The lowest BCUT2D eigenvalue weighted by molar-refractivity contribution is 0.358. The highest BCUT2D eigenvalue weighted by atomic mass is 35.5. The van der Waals surface area contributed by atoms with Crippen molar-refractivity contribution in [1.82, 2.24) is 5.32 Å². The Morgan fingerprint density at radius 1 is 1.22 bits per heavy atom. The number of hydrogen-bond donors (Lipinski definition) is 1. The Kier molecular flexibility index (Phi) is 5.45. The van der Waals surface area contributed by atoms with E-state index in [-0.39, 0.29) is 16.5 Å². The van der Waals surface area contributed by atoms with Crippen LogP contribution in [0.4, 0.5) is 4.39 Å². The Morgan fingerprint density at radius 2 is 1.83 bits per heavy atom. The predicted octanol–water partition coefficient (Wildman–Crippen LogP) is 5.22. The first-order chi connectivity index (χ1) is 8.20. The molecule has 0 fully saturated rings. The molecule has 1 unspecified atom stereocenters. The lowest BCUT2D eigenvalue weighted by atomic mass is 9.92. The molecule has 0 saturated heterocycles. The summed E-state index contributed by atoms with van der Waals surface area (Å²) in [6.07, 6.45) is 1.05. The highest BCUT2D eigenvalue weighted by Crippen LogP contribution is 2.28. The van der Waals surface area contributed by atoms with Gasteiger partial charge in [0.25, 0.3) is 0 Å². The van der Waals surface area contributed by atoms with E-state index in [0.717, 1.165) is 18.5 Å². The van der Waals surface area contributed by atoms with Gasteiger partial charge >= 0.3 is 0 Å². The molecular weight excluding hydrogens is 272 g/mol. The van der Waals surface area contributed by atoms with Crippen molar-refractivity contribution in [3.05, 3.63) is 33.6 Å². The molecule has 1 N–H and O–H groups in total. The van der Waals surface area contributed by atoms with Crippen molar-refractivity contribution >= 4 is 23.2 Å². The molecule has 1 nitrogen and oxygen atoms in total. The highest BCUT2D eigenvalue weighted by Gasteiger charge is 2.15. The number of nitrogens with one attached hydrogen (secondary N) is 1. The average molecular weight is 292 g/mol. The first-order valence-corrected chi connectivity index (χ1v) is 6.84. The van der Waals surface area contributed by atoms with E-state index in [2.05, 4.69) is 26.1 Å². The molecule has 0 aliphatic carbocycles. The molecule has 1 aromatic rings. The first kappa shape index (κ1) is 15.7. The van der Waals surface area contributed by atoms with Crippen molar-refractivity contribution in [3.63, 3.8) is 0 Å². The maximum absolute atomic E-state index is 13.4. The summed E-state index contributed by atoms with van der Waals surface area (Å²) in [7, 11) is 0. The zero-order valence-corrected chi connectivity index (χ0v) is 12.8. The van der Waals surface area contributed by atoms with Crippen LogP contribution in [-0.4, -0.2) is 6.54 Å². The molecule has 1 atom stereocenters. The minimum Gasteiger partial charge on any atom is -0.310 e. The van der Waals surface area contributed by atoms with E-state index in [0.29, 0.717) is 5.02 Å². The summed E-state index contributed by atoms with van der Waals surface area (Å²) < 4.78 is 13.4. The molecule has 0 radical (unpaired) electrons. The van der Waals surface area contributed by atoms with Gasteiger partial charge in [-0.05, 0) is 43.0 Å². The number of hydrogen-bond acceptors (Lipinski definition) is 1. The summed E-state index contributed by atoms with van der Waals surface area (Å²) in [5, 5.41) is 3.91. The molecule has 0 spiro atoms. The standard InChI is InChI=1S/C14H20Cl2FN/c1-9(18-6-5-14(2,3)4)10-7-13(17)12(16)8-11(10)15/h7-9,18H,5-6H2,1-4H3. The molecule has 102 valence electrons. The van der Waals surface area contributed by atoms with Crippen molar-refractivity contribution in [1.29, 1.82) is 0 Å². The molecule has 0 heterocycles. The maximum Gasteiger partial charge on any atom is 0.142 e.